The van der Waals surface area contributed by atoms with Gasteiger partial charge in [0.2, 0.25) is 11.8 Å². The number of rotatable bonds is 8. The highest BCUT2D eigenvalue weighted by atomic mass is 19.4. The third-order valence-electron chi connectivity index (χ3n) is 5.36. The quantitative estimate of drug-likeness (QED) is 0.293. The fourth-order valence-corrected chi connectivity index (χ4v) is 3.54. The summed E-state index contributed by atoms with van der Waals surface area (Å²) in [5, 5.41) is 12.1. The minimum absolute atomic E-state index is 0.0583. The van der Waals surface area contributed by atoms with Crippen molar-refractivity contribution in [1.29, 1.82) is 0 Å². The van der Waals surface area contributed by atoms with Crippen molar-refractivity contribution in [2.75, 3.05) is 13.1 Å². The Kier molecular flexibility index (Phi) is 9.67. The van der Waals surface area contributed by atoms with Gasteiger partial charge in [0.15, 0.2) is 0 Å². The van der Waals surface area contributed by atoms with Gasteiger partial charge in [-0.3, -0.25) is 34.2 Å². The lowest BCUT2D eigenvalue weighted by atomic mass is 10.0. The van der Waals surface area contributed by atoms with Crippen LogP contribution in [0.1, 0.15) is 69.6 Å². The van der Waals surface area contributed by atoms with E-state index in [1.165, 1.54) is 18.2 Å². The Hall–Kier alpha value is -3.81. The number of hydrogen-bond donors (Lipinski definition) is 4. The highest BCUT2D eigenvalue weighted by Gasteiger charge is 2.44. The van der Waals surface area contributed by atoms with Gasteiger partial charge in [0.25, 0.3) is 17.7 Å². The number of amides is 5. The smallest absolute Gasteiger partial charge is 0.475 e. The van der Waals surface area contributed by atoms with Gasteiger partial charge in [-0.1, -0.05) is 12.8 Å². The van der Waals surface area contributed by atoms with E-state index in [1.807, 2.05) is 0 Å². The number of carboxylic acid groups (broad SMARTS) is 1. The molecule has 0 saturated carbocycles. The molecule has 0 radical (unpaired) electrons. The number of nitrogens with zero attached hydrogens (tertiary/aromatic N) is 1. The molecule has 2 aliphatic heterocycles. The molecule has 3 rings (SSSR count). The molecule has 36 heavy (non-hydrogen) atoms. The predicted molar refractivity (Wildman–Crippen MR) is 117 cm³/mol. The zero-order valence-electron chi connectivity index (χ0n) is 19.0. The van der Waals surface area contributed by atoms with Crippen molar-refractivity contribution in [1.82, 2.24) is 15.5 Å². The van der Waals surface area contributed by atoms with E-state index in [0.717, 1.165) is 30.6 Å². The van der Waals surface area contributed by atoms with Gasteiger partial charge < -0.3 is 16.2 Å². The molecule has 1 aromatic carbocycles. The fourth-order valence-electron chi connectivity index (χ4n) is 3.54. The summed E-state index contributed by atoms with van der Waals surface area (Å²) in [5.41, 5.74) is 5.96. The Morgan fingerprint density at radius 1 is 1.06 bits per heavy atom. The number of unbranched alkanes of at least 4 members (excludes halogenated alkanes) is 3. The number of imide groups is 2. The van der Waals surface area contributed by atoms with E-state index in [4.69, 9.17) is 15.6 Å². The monoisotopic (exact) mass is 514 g/mol. The zero-order valence-corrected chi connectivity index (χ0v) is 19.0. The number of alkyl halides is 3. The van der Waals surface area contributed by atoms with Gasteiger partial charge in [0.05, 0.1) is 11.1 Å². The molecule has 196 valence electrons. The van der Waals surface area contributed by atoms with E-state index >= 15 is 0 Å². The average molecular weight is 514 g/mol. The number of aliphatic carboxylic acids is 1. The highest BCUT2D eigenvalue weighted by Crippen LogP contribution is 2.28. The lowest BCUT2D eigenvalue weighted by molar-refractivity contribution is -0.192. The van der Waals surface area contributed by atoms with Crippen LogP contribution in [0.2, 0.25) is 0 Å². The molecule has 14 heteroatoms. The number of hydrogen-bond acceptors (Lipinski definition) is 7. The van der Waals surface area contributed by atoms with Gasteiger partial charge >= 0.3 is 12.1 Å². The van der Waals surface area contributed by atoms with Crippen molar-refractivity contribution in [3.8, 4) is 0 Å². The highest BCUT2D eigenvalue weighted by molar-refractivity contribution is 6.24. The van der Waals surface area contributed by atoms with E-state index in [9.17, 15) is 37.1 Å². The predicted octanol–water partition coefficient (Wildman–Crippen LogP) is 0.970. The first kappa shape index (κ1) is 28.4. The number of benzene rings is 1. The first-order chi connectivity index (χ1) is 16.9. The largest absolute Gasteiger partial charge is 0.490 e. The fraction of sp³-hybridized carbons (Fsp3) is 0.455. The maximum absolute atomic E-state index is 12.8. The second kappa shape index (κ2) is 12.2. The number of fused-ring (bicyclic) bond motifs is 1. The SMILES string of the molecule is NCCCCCCNC(=O)c1ccc2c(c1)C(=O)N(C1CCC(=O)NC1=O)C2=O.O=C(O)C(F)(F)F. The number of halogens is 3. The summed E-state index contributed by atoms with van der Waals surface area (Å²) >= 11 is 0. The minimum Gasteiger partial charge on any atom is -0.475 e. The maximum atomic E-state index is 12.8. The molecule has 2 heterocycles. The summed E-state index contributed by atoms with van der Waals surface area (Å²) < 4.78 is 31.7. The van der Waals surface area contributed by atoms with E-state index < -0.39 is 41.8 Å². The van der Waals surface area contributed by atoms with Crippen LogP contribution in [-0.2, 0) is 14.4 Å². The lowest BCUT2D eigenvalue weighted by Crippen LogP contribution is -2.54. The third kappa shape index (κ3) is 7.10. The van der Waals surface area contributed by atoms with Crippen molar-refractivity contribution in [3.63, 3.8) is 0 Å². The summed E-state index contributed by atoms with van der Waals surface area (Å²) in [4.78, 5) is 70.9. The Labute approximate surface area is 203 Å². The standard InChI is InChI=1S/C20H24N4O5.C2HF3O2/c21-9-3-1-2-4-10-22-17(26)12-5-6-13-14(11-12)20(29)24(19(13)28)15-7-8-16(25)23-18(15)27;3-2(4,5)1(6)7/h5-6,11,15H,1-4,7-10,21H2,(H,22,26)(H,23,25,27);(H,6,7). The molecule has 1 saturated heterocycles. The Bertz CT molecular complexity index is 1060. The van der Waals surface area contributed by atoms with Crippen LogP contribution in [0.3, 0.4) is 0 Å². The number of carbonyl (C=O) groups excluding carboxylic acids is 5. The summed E-state index contributed by atoms with van der Waals surface area (Å²) in [6, 6.07) is 3.27. The minimum atomic E-state index is -5.08. The first-order valence-corrected chi connectivity index (χ1v) is 11.0. The molecule has 1 atom stereocenters. The van der Waals surface area contributed by atoms with Crippen LogP contribution in [0.25, 0.3) is 0 Å². The molecule has 1 aromatic rings. The third-order valence-corrected chi connectivity index (χ3v) is 5.36. The molecule has 0 bridgehead atoms. The Morgan fingerprint density at radius 3 is 2.25 bits per heavy atom. The normalized spacial score (nSPS) is 17.2. The molecule has 0 aromatic heterocycles. The van der Waals surface area contributed by atoms with Gasteiger partial charge in [0.1, 0.15) is 6.04 Å². The van der Waals surface area contributed by atoms with Gasteiger partial charge in [-0.15, -0.1) is 0 Å². The molecule has 1 unspecified atom stereocenters. The summed E-state index contributed by atoms with van der Waals surface area (Å²) in [6.45, 7) is 1.17. The second-order valence-electron chi connectivity index (χ2n) is 7.97. The van der Waals surface area contributed by atoms with Crippen molar-refractivity contribution in [2.45, 2.75) is 50.7 Å². The lowest BCUT2D eigenvalue weighted by Gasteiger charge is -2.27. The van der Waals surface area contributed by atoms with Crippen molar-refractivity contribution in [2.24, 2.45) is 5.73 Å². The molecule has 5 N–H and O–H groups in total. The molecule has 0 spiro atoms. The van der Waals surface area contributed by atoms with Gasteiger partial charge in [-0.05, 0) is 44.0 Å². The van der Waals surface area contributed by atoms with Crippen LogP contribution < -0.4 is 16.4 Å². The van der Waals surface area contributed by atoms with E-state index in [1.54, 1.807) is 0 Å². The second-order valence-corrected chi connectivity index (χ2v) is 7.97. The number of nitrogens with one attached hydrogen (secondary N) is 2. The van der Waals surface area contributed by atoms with Crippen molar-refractivity contribution >= 4 is 35.5 Å². The Morgan fingerprint density at radius 2 is 1.67 bits per heavy atom. The van der Waals surface area contributed by atoms with Crippen LogP contribution in [0.15, 0.2) is 18.2 Å². The molecule has 0 aliphatic carbocycles. The van der Waals surface area contributed by atoms with Gasteiger partial charge in [-0.2, -0.15) is 13.2 Å². The van der Waals surface area contributed by atoms with Crippen molar-refractivity contribution < 1.29 is 47.0 Å². The van der Waals surface area contributed by atoms with E-state index in [-0.39, 0.29) is 35.4 Å². The van der Waals surface area contributed by atoms with Crippen LogP contribution in [-0.4, -0.2) is 70.8 Å². The number of nitrogens with two attached hydrogens (primary N) is 1. The molecule has 2 aliphatic rings. The average Bonchev–Trinajstić information content (AvgIpc) is 3.05. The summed E-state index contributed by atoms with van der Waals surface area (Å²) in [5.74, 6) is -5.39. The molecular formula is C22H25F3N4O7. The van der Waals surface area contributed by atoms with Crippen LogP contribution in [0.5, 0.6) is 0 Å². The summed E-state index contributed by atoms with van der Waals surface area (Å²) in [6.07, 6.45) is -1.17. The molecule has 11 nitrogen and oxygen atoms in total. The van der Waals surface area contributed by atoms with Gasteiger partial charge in [-0.25, -0.2) is 4.79 Å². The van der Waals surface area contributed by atoms with Crippen molar-refractivity contribution in [3.05, 3.63) is 34.9 Å². The topological polar surface area (TPSA) is 176 Å². The van der Waals surface area contributed by atoms with Crippen LogP contribution in [0.4, 0.5) is 13.2 Å². The van der Waals surface area contributed by atoms with E-state index in [0.29, 0.717) is 13.1 Å². The molecule has 5 amide bonds. The Balaban J connectivity index is 0.000000572. The van der Waals surface area contributed by atoms with E-state index in [2.05, 4.69) is 10.6 Å². The molecular weight excluding hydrogens is 489 g/mol. The number of piperidine rings is 1. The van der Waals surface area contributed by atoms with Crippen LogP contribution in [0, 0.1) is 0 Å². The first-order valence-electron chi connectivity index (χ1n) is 11.0. The van der Waals surface area contributed by atoms with Crippen LogP contribution >= 0.6 is 0 Å². The number of carbonyl (C=O) groups is 6. The van der Waals surface area contributed by atoms with Gasteiger partial charge in [0, 0.05) is 18.5 Å². The zero-order chi connectivity index (χ0) is 27.0. The summed E-state index contributed by atoms with van der Waals surface area (Å²) in [7, 11) is 0. The molecule has 1 fully saturated rings. The maximum Gasteiger partial charge on any atom is 0.490 e. The number of carboxylic acids is 1.